The van der Waals surface area contributed by atoms with E-state index in [9.17, 15) is 9.59 Å². The van der Waals surface area contributed by atoms with Crippen molar-refractivity contribution < 1.29 is 9.59 Å². The van der Waals surface area contributed by atoms with E-state index in [1.807, 2.05) is 11.4 Å². The van der Waals surface area contributed by atoms with Gasteiger partial charge in [-0.1, -0.05) is 49.8 Å². The normalized spacial score (nSPS) is 15.7. The SMILES string of the molecule is O=C(NC1CCCCCCC1)c1ccc(Cl)c(NC(=O)c2cccs2)c1. The average molecular weight is 391 g/mol. The molecule has 0 aliphatic heterocycles. The predicted octanol–water partition coefficient (Wildman–Crippen LogP) is 5.50. The minimum absolute atomic E-state index is 0.112. The molecule has 1 aromatic heterocycles. The molecule has 4 nitrogen and oxygen atoms in total. The molecule has 1 aliphatic carbocycles. The highest BCUT2D eigenvalue weighted by Gasteiger charge is 2.17. The van der Waals surface area contributed by atoms with E-state index in [4.69, 9.17) is 11.6 Å². The monoisotopic (exact) mass is 390 g/mol. The zero-order chi connectivity index (χ0) is 18.4. The van der Waals surface area contributed by atoms with Gasteiger partial charge in [0.05, 0.1) is 15.6 Å². The molecular formula is C20H23ClN2O2S. The zero-order valence-electron chi connectivity index (χ0n) is 14.6. The van der Waals surface area contributed by atoms with Crippen molar-refractivity contribution in [1.82, 2.24) is 5.32 Å². The second kappa shape index (κ2) is 9.19. The average Bonchev–Trinajstić information content (AvgIpc) is 3.13. The molecule has 1 fully saturated rings. The van der Waals surface area contributed by atoms with Crippen molar-refractivity contribution in [3.8, 4) is 0 Å². The van der Waals surface area contributed by atoms with Gasteiger partial charge in [0.15, 0.2) is 0 Å². The third kappa shape index (κ3) is 5.08. The van der Waals surface area contributed by atoms with Crippen LogP contribution in [0.15, 0.2) is 35.7 Å². The fourth-order valence-electron chi connectivity index (χ4n) is 3.22. The quantitative estimate of drug-likeness (QED) is 0.724. The zero-order valence-corrected chi connectivity index (χ0v) is 16.2. The molecule has 1 heterocycles. The molecule has 2 N–H and O–H groups in total. The molecule has 0 bridgehead atoms. The summed E-state index contributed by atoms with van der Waals surface area (Å²) < 4.78 is 0. The summed E-state index contributed by atoms with van der Waals surface area (Å²) in [6, 6.07) is 8.79. The van der Waals surface area contributed by atoms with E-state index in [-0.39, 0.29) is 17.9 Å². The summed E-state index contributed by atoms with van der Waals surface area (Å²) in [7, 11) is 0. The first-order chi connectivity index (χ1) is 12.6. The highest BCUT2D eigenvalue weighted by molar-refractivity contribution is 7.12. The third-order valence-electron chi connectivity index (χ3n) is 4.66. The topological polar surface area (TPSA) is 58.2 Å². The Kier molecular flexibility index (Phi) is 6.69. The minimum Gasteiger partial charge on any atom is -0.349 e. The highest BCUT2D eigenvalue weighted by Crippen LogP contribution is 2.25. The van der Waals surface area contributed by atoms with Crippen LogP contribution in [-0.4, -0.2) is 17.9 Å². The Morgan fingerprint density at radius 3 is 2.42 bits per heavy atom. The fourth-order valence-corrected chi connectivity index (χ4v) is 4.01. The van der Waals surface area contributed by atoms with E-state index >= 15 is 0 Å². The molecular weight excluding hydrogens is 368 g/mol. The Balaban J connectivity index is 1.67. The predicted molar refractivity (Wildman–Crippen MR) is 107 cm³/mol. The summed E-state index contributed by atoms with van der Waals surface area (Å²) in [5.74, 6) is -0.335. The van der Waals surface area contributed by atoms with E-state index in [1.165, 1.54) is 30.6 Å². The summed E-state index contributed by atoms with van der Waals surface area (Å²) in [5.41, 5.74) is 0.966. The van der Waals surface area contributed by atoms with Gasteiger partial charge in [-0.2, -0.15) is 0 Å². The molecule has 0 spiro atoms. The van der Waals surface area contributed by atoms with Gasteiger partial charge in [0.2, 0.25) is 0 Å². The van der Waals surface area contributed by atoms with Gasteiger partial charge in [-0.05, 0) is 42.5 Å². The number of hydrogen-bond acceptors (Lipinski definition) is 3. The molecule has 0 saturated heterocycles. The van der Waals surface area contributed by atoms with Gasteiger partial charge in [0.25, 0.3) is 11.8 Å². The number of thiophene rings is 1. The van der Waals surface area contributed by atoms with Crippen LogP contribution in [0.3, 0.4) is 0 Å². The summed E-state index contributed by atoms with van der Waals surface area (Å²) in [6.07, 6.45) is 8.16. The largest absolute Gasteiger partial charge is 0.349 e. The van der Waals surface area contributed by atoms with Crippen molar-refractivity contribution in [2.75, 3.05) is 5.32 Å². The van der Waals surface area contributed by atoms with E-state index in [0.29, 0.717) is 21.2 Å². The van der Waals surface area contributed by atoms with E-state index < -0.39 is 0 Å². The lowest BCUT2D eigenvalue weighted by Crippen LogP contribution is -2.35. The fraction of sp³-hybridized carbons (Fsp3) is 0.400. The molecule has 3 rings (SSSR count). The number of amides is 2. The maximum atomic E-state index is 12.6. The first-order valence-electron chi connectivity index (χ1n) is 9.09. The van der Waals surface area contributed by atoms with Gasteiger partial charge in [-0.25, -0.2) is 0 Å². The minimum atomic E-state index is -0.223. The van der Waals surface area contributed by atoms with Gasteiger partial charge in [0, 0.05) is 11.6 Å². The van der Waals surface area contributed by atoms with Gasteiger partial charge >= 0.3 is 0 Å². The molecule has 1 aromatic carbocycles. The van der Waals surface area contributed by atoms with Gasteiger partial charge in [0.1, 0.15) is 0 Å². The summed E-state index contributed by atoms with van der Waals surface area (Å²) in [6.45, 7) is 0. The highest BCUT2D eigenvalue weighted by atomic mass is 35.5. The lowest BCUT2D eigenvalue weighted by atomic mass is 9.96. The van der Waals surface area contributed by atoms with Gasteiger partial charge < -0.3 is 10.6 Å². The van der Waals surface area contributed by atoms with Crippen LogP contribution < -0.4 is 10.6 Å². The van der Waals surface area contributed by atoms with Crippen molar-refractivity contribution in [3.63, 3.8) is 0 Å². The van der Waals surface area contributed by atoms with Crippen LogP contribution in [0.4, 0.5) is 5.69 Å². The third-order valence-corrected chi connectivity index (χ3v) is 5.86. The van der Waals surface area contributed by atoms with E-state index in [2.05, 4.69) is 10.6 Å². The lowest BCUT2D eigenvalue weighted by Gasteiger charge is -2.21. The summed E-state index contributed by atoms with van der Waals surface area (Å²) >= 11 is 7.55. The Morgan fingerprint density at radius 2 is 1.73 bits per heavy atom. The van der Waals surface area contributed by atoms with Gasteiger partial charge in [-0.3, -0.25) is 9.59 Å². The van der Waals surface area contributed by atoms with Crippen molar-refractivity contribution in [1.29, 1.82) is 0 Å². The molecule has 0 radical (unpaired) electrons. The lowest BCUT2D eigenvalue weighted by molar-refractivity contribution is 0.0929. The first kappa shape index (κ1) is 18.9. The Morgan fingerprint density at radius 1 is 1.00 bits per heavy atom. The van der Waals surface area contributed by atoms with Crippen molar-refractivity contribution in [3.05, 3.63) is 51.2 Å². The van der Waals surface area contributed by atoms with Crippen molar-refractivity contribution in [2.24, 2.45) is 0 Å². The van der Waals surface area contributed by atoms with Crippen molar-refractivity contribution >= 4 is 40.4 Å². The number of benzene rings is 1. The molecule has 1 saturated carbocycles. The molecule has 1 aliphatic rings. The van der Waals surface area contributed by atoms with Crippen LogP contribution in [0.2, 0.25) is 5.02 Å². The maximum Gasteiger partial charge on any atom is 0.265 e. The molecule has 0 atom stereocenters. The number of anilines is 1. The van der Waals surface area contributed by atoms with Crippen LogP contribution in [0.5, 0.6) is 0 Å². The first-order valence-corrected chi connectivity index (χ1v) is 10.3. The van der Waals surface area contributed by atoms with Crippen LogP contribution in [0, 0.1) is 0 Å². The molecule has 0 unspecified atom stereocenters. The van der Waals surface area contributed by atoms with Crippen LogP contribution in [-0.2, 0) is 0 Å². The number of hydrogen-bond donors (Lipinski definition) is 2. The number of carbonyl (C=O) groups is 2. The second-order valence-electron chi connectivity index (χ2n) is 6.64. The van der Waals surface area contributed by atoms with Crippen LogP contribution in [0.1, 0.15) is 65.0 Å². The molecule has 6 heteroatoms. The molecule has 138 valence electrons. The standard InChI is InChI=1S/C20H23ClN2O2S/c21-16-11-10-14(13-17(16)23-20(25)18-9-6-12-26-18)19(24)22-15-7-4-2-1-3-5-8-15/h6,9-13,15H,1-5,7-8H2,(H,22,24)(H,23,25). The summed E-state index contributed by atoms with van der Waals surface area (Å²) in [5, 5.41) is 8.18. The van der Waals surface area contributed by atoms with Crippen molar-refractivity contribution in [2.45, 2.75) is 51.0 Å². The summed E-state index contributed by atoms with van der Waals surface area (Å²) in [4.78, 5) is 25.5. The number of rotatable bonds is 4. The Labute approximate surface area is 162 Å². The molecule has 2 aromatic rings. The van der Waals surface area contributed by atoms with E-state index in [1.54, 1.807) is 24.3 Å². The number of carbonyl (C=O) groups excluding carboxylic acids is 2. The molecule has 2 amide bonds. The number of halogens is 1. The second-order valence-corrected chi connectivity index (χ2v) is 8.00. The number of nitrogens with one attached hydrogen (secondary N) is 2. The van der Waals surface area contributed by atoms with Crippen LogP contribution >= 0.6 is 22.9 Å². The van der Waals surface area contributed by atoms with E-state index in [0.717, 1.165) is 25.7 Å². The maximum absolute atomic E-state index is 12.6. The van der Waals surface area contributed by atoms with Gasteiger partial charge in [-0.15, -0.1) is 11.3 Å². The van der Waals surface area contributed by atoms with Crippen LogP contribution in [0.25, 0.3) is 0 Å². The Hall–Kier alpha value is -1.85. The Bertz CT molecular complexity index is 753. The smallest absolute Gasteiger partial charge is 0.265 e. The molecule has 26 heavy (non-hydrogen) atoms.